The molecule has 0 aromatic rings. The minimum absolute atomic E-state index is 0.000320. The first-order valence-corrected chi connectivity index (χ1v) is 5.41. The van der Waals surface area contributed by atoms with Crippen LogP contribution in [0.25, 0.3) is 0 Å². The summed E-state index contributed by atoms with van der Waals surface area (Å²) < 4.78 is 61.7. The lowest BCUT2D eigenvalue weighted by molar-refractivity contribution is -0.270. The smallest absolute Gasteiger partial charge is 0.332 e. The predicted octanol–water partition coefficient (Wildman–Crippen LogP) is 1.29. The van der Waals surface area contributed by atoms with Crippen LogP contribution < -0.4 is 5.32 Å². The molecule has 0 unspecified atom stereocenters. The molecule has 4 nitrogen and oxygen atoms in total. The number of hydrogen-bond donors (Lipinski definition) is 1. The molecule has 1 aliphatic rings. The molecule has 0 radical (unpaired) electrons. The van der Waals surface area contributed by atoms with E-state index >= 15 is 0 Å². The molecular formula is C10H12F5N3O. The summed E-state index contributed by atoms with van der Waals surface area (Å²) in [6, 6.07) is 1.63. The second kappa shape index (κ2) is 4.92. The van der Waals surface area contributed by atoms with E-state index < -0.39 is 23.5 Å². The van der Waals surface area contributed by atoms with E-state index in [9.17, 15) is 26.7 Å². The number of alkyl halides is 5. The van der Waals surface area contributed by atoms with Gasteiger partial charge in [-0.2, -0.15) is 27.2 Å². The van der Waals surface area contributed by atoms with Gasteiger partial charge in [0.2, 0.25) is 0 Å². The molecule has 0 saturated carbocycles. The van der Waals surface area contributed by atoms with Gasteiger partial charge in [-0.1, -0.05) is 0 Å². The van der Waals surface area contributed by atoms with Gasteiger partial charge in [-0.15, -0.1) is 0 Å². The number of carbonyl (C=O) groups is 1. The van der Waals surface area contributed by atoms with E-state index in [-0.39, 0.29) is 12.8 Å². The van der Waals surface area contributed by atoms with Crippen molar-refractivity contribution in [2.45, 2.75) is 30.5 Å². The molecule has 0 aliphatic carbocycles. The average molecular weight is 285 g/mol. The van der Waals surface area contributed by atoms with E-state index in [0.717, 1.165) is 0 Å². The number of halogens is 5. The SMILES string of the molecule is CN1CCC(C#N)(NC(=O)C(F)(F)C(F)(F)F)CC1. The zero-order valence-electron chi connectivity index (χ0n) is 10.0. The normalized spacial score (nSPS) is 20.7. The Bertz CT molecular complexity index is 393. The van der Waals surface area contributed by atoms with E-state index in [1.807, 2.05) is 0 Å². The summed E-state index contributed by atoms with van der Waals surface area (Å²) >= 11 is 0. The maximum atomic E-state index is 12.8. The third-order valence-electron chi connectivity index (χ3n) is 3.05. The summed E-state index contributed by atoms with van der Waals surface area (Å²) in [4.78, 5) is 12.9. The zero-order chi connectivity index (χ0) is 14.9. The summed E-state index contributed by atoms with van der Waals surface area (Å²) in [5.74, 6) is -7.98. The molecule has 0 bridgehead atoms. The Morgan fingerprint density at radius 3 is 2.11 bits per heavy atom. The fraction of sp³-hybridized carbons (Fsp3) is 0.800. The molecular weight excluding hydrogens is 273 g/mol. The maximum Gasteiger partial charge on any atom is 0.463 e. The number of hydrogen-bond acceptors (Lipinski definition) is 3. The van der Waals surface area contributed by atoms with Gasteiger partial charge in [-0.05, 0) is 19.9 Å². The number of nitrogens with one attached hydrogen (secondary N) is 1. The highest BCUT2D eigenvalue weighted by atomic mass is 19.4. The molecule has 1 fully saturated rings. The second-order valence-electron chi connectivity index (χ2n) is 4.52. The van der Waals surface area contributed by atoms with Gasteiger partial charge in [0.25, 0.3) is 0 Å². The van der Waals surface area contributed by atoms with Gasteiger partial charge >= 0.3 is 18.0 Å². The lowest BCUT2D eigenvalue weighted by atomic mass is 9.89. The Morgan fingerprint density at radius 2 is 1.74 bits per heavy atom. The summed E-state index contributed by atoms with van der Waals surface area (Å²) in [7, 11) is 1.72. The second-order valence-corrected chi connectivity index (χ2v) is 4.52. The topological polar surface area (TPSA) is 56.1 Å². The lowest BCUT2D eigenvalue weighted by Gasteiger charge is -2.36. The molecule has 0 aromatic heterocycles. The maximum absolute atomic E-state index is 12.8. The van der Waals surface area contributed by atoms with E-state index in [1.54, 1.807) is 23.3 Å². The van der Waals surface area contributed by atoms with E-state index in [2.05, 4.69) is 0 Å². The van der Waals surface area contributed by atoms with Crippen LogP contribution in [-0.2, 0) is 4.79 Å². The van der Waals surface area contributed by atoms with Crippen LogP contribution in [0.3, 0.4) is 0 Å². The molecule has 1 rings (SSSR count). The molecule has 1 aliphatic heterocycles. The highest BCUT2D eigenvalue weighted by Gasteiger charge is 2.64. The Balaban J connectivity index is 2.83. The molecule has 9 heteroatoms. The van der Waals surface area contributed by atoms with Crippen molar-refractivity contribution in [2.75, 3.05) is 20.1 Å². The largest absolute Gasteiger partial charge is 0.463 e. The van der Waals surface area contributed by atoms with Gasteiger partial charge in [-0.25, -0.2) is 0 Å². The van der Waals surface area contributed by atoms with Crippen molar-refractivity contribution < 1.29 is 26.7 Å². The van der Waals surface area contributed by atoms with Crippen molar-refractivity contribution in [2.24, 2.45) is 0 Å². The van der Waals surface area contributed by atoms with Crippen molar-refractivity contribution in [1.29, 1.82) is 5.26 Å². The number of likely N-dealkylation sites (tertiary alicyclic amines) is 1. The van der Waals surface area contributed by atoms with Crippen LogP contribution in [-0.4, -0.2) is 48.6 Å². The van der Waals surface area contributed by atoms with Gasteiger partial charge in [0.1, 0.15) is 5.54 Å². The van der Waals surface area contributed by atoms with E-state index in [0.29, 0.717) is 13.1 Å². The third kappa shape index (κ3) is 3.12. The monoisotopic (exact) mass is 285 g/mol. The predicted molar refractivity (Wildman–Crippen MR) is 54.2 cm³/mol. The first-order chi connectivity index (χ1) is 8.54. The Morgan fingerprint density at radius 1 is 1.26 bits per heavy atom. The molecule has 19 heavy (non-hydrogen) atoms. The highest BCUT2D eigenvalue weighted by Crippen LogP contribution is 2.36. The van der Waals surface area contributed by atoms with Crippen molar-refractivity contribution in [3.63, 3.8) is 0 Å². The highest BCUT2D eigenvalue weighted by molar-refractivity contribution is 5.85. The zero-order valence-corrected chi connectivity index (χ0v) is 10.0. The Labute approximate surface area is 106 Å². The summed E-state index contributed by atoms with van der Waals surface area (Å²) in [5.41, 5.74) is -1.67. The quantitative estimate of drug-likeness (QED) is 0.778. The molecule has 0 atom stereocenters. The van der Waals surface area contributed by atoms with Crippen LogP contribution in [0.4, 0.5) is 22.0 Å². The van der Waals surface area contributed by atoms with Crippen LogP contribution >= 0.6 is 0 Å². The van der Waals surface area contributed by atoms with Crippen LogP contribution in [0.5, 0.6) is 0 Å². The van der Waals surface area contributed by atoms with Gasteiger partial charge in [0.15, 0.2) is 0 Å². The summed E-state index contributed by atoms with van der Waals surface area (Å²) in [6.07, 6.45) is -5.97. The van der Waals surface area contributed by atoms with Gasteiger partial charge in [0.05, 0.1) is 6.07 Å². The average Bonchev–Trinajstić information content (AvgIpc) is 2.31. The number of carbonyl (C=O) groups excluding carboxylic acids is 1. The van der Waals surface area contributed by atoms with Crippen LogP contribution in [0.2, 0.25) is 0 Å². The number of amides is 1. The molecule has 108 valence electrons. The lowest BCUT2D eigenvalue weighted by Crippen LogP contribution is -2.60. The standard InChI is InChI=1S/C10H12F5N3O/c1-18-4-2-8(6-16,3-5-18)17-7(19)9(11,12)10(13,14)15/h2-5H2,1H3,(H,17,19). The Hall–Kier alpha value is -1.43. The summed E-state index contributed by atoms with van der Waals surface area (Å²) in [5, 5.41) is 10.5. The molecule has 0 aromatic carbocycles. The number of nitriles is 1. The van der Waals surface area contributed by atoms with Crippen molar-refractivity contribution in [3.8, 4) is 6.07 Å². The number of rotatable bonds is 2. The van der Waals surface area contributed by atoms with Gasteiger partial charge < -0.3 is 10.2 Å². The number of piperidine rings is 1. The van der Waals surface area contributed by atoms with Crippen LogP contribution in [0, 0.1) is 11.3 Å². The van der Waals surface area contributed by atoms with E-state index in [1.165, 1.54) is 0 Å². The fourth-order valence-corrected chi connectivity index (χ4v) is 1.69. The molecule has 1 amide bonds. The van der Waals surface area contributed by atoms with Crippen LogP contribution in [0.15, 0.2) is 0 Å². The first-order valence-electron chi connectivity index (χ1n) is 5.41. The van der Waals surface area contributed by atoms with Crippen molar-refractivity contribution in [1.82, 2.24) is 10.2 Å². The first kappa shape index (κ1) is 15.6. The molecule has 1 saturated heterocycles. The number of nitrogens with zero attached hydrogens (tertiary/aromatic N) is 2. The minimum atomic E-state index is -5.97. The summed E-state index contributed by atoms with van der Waals surface area (Å²) in [6.45, 7) is 0.650. The molecule has 1 heterocycles. The minimum Gasteiger partial charge on any atom is -0.332 e. The van der Waals surface area contributed by atoms with Gasteiger partial charge in [-0.3, -0.25) is 4.79 Å². The molecule has 1 N–H and O–H groups in total. The third-order valence-corrected chi connectivity index (χ3v) is 3.05. The van der Waals surface area contributed by atoms with Crippen molar-refractivity contribution >= 4 is 5.91 Å². The van der Waals surface area contributed by atoms with Gasteiger partial charge in [0, 0.05) is 13.1 Å². The molecule has 0 spiro atoms. The fourth-order valence-electron chi connectivity index (χ4n) is 1.69. The van der Waals surface area contributed by atoms with Crippen LogP contribution in [0.1, 0.15) is 12.8 Å². The van der Waals surface area contributed by atoms with E-state index in [4.69, 9.17) is 5.26 Å². The Kier molecular flexibility index (Phi) is 4.05. The van der Waals surface area contributed by atoms with Crippen molar-refractivity contribution in [3.05, 3.63) is 0 Å².